The Labute approximate surface area is 150 Å². The molecule has 138 valence electrons. The number of hydrogen-bond donors (Lipinski definition) is 3. The third-order valence-electron chi connectivity index (χ3n) is 3.79. The quantitative estimate of drug-likeness (QED) is 0.465. The molecule has 0 atom stereocenters. The number of carbonyl (C=O) groups excluding carboxylic acids is 1. The van der Waals surface area contributed by atoms with Gasteiger partial charge < -0.3 is 4.90 Å². The topological polar surface area (TPSA) is 123 Å². The average Bonchev–Trinajstić information content (AvgIpc) is 2.63. The fraction of sp³-hybridized carbons (Fsp3) is 0.353. The van der Waals surface area contributed by atoms with Gasteiger partial charge in [0.1, 0.15) is 5.69 Å². The third kappa shape index (κ3) is 5.40. The van der Waals surface area contributed by atoms with Crippen molar-refractivity contribution in [3.63, 3.8) is 0 Å². The average molecular weight is 358 g/mol. The smallest absolute Gasteiger partial charge is 0.342 e. The molecule has 0 saturated heterocycles. The lowest BCUT2D eigenvalue weighted by atomic mass is 10.2. The van der Waals surface area contributed by atoms with Crippen LogP contribution in [-0.2, 0) is 11.2 Å². The van der Waals surface area contributed by atoms with Crippen molar-refractivity contribution < 1.29 is 4.79 Å². The number of carbonyl (C=O) groups is 1. The maximum Gasteiger partial charge on any atom is 0.342 e. The minimum atomic E-state index is -0.681. The monoisotopic (exact) mass is 358 g/mol. The van der Waals surface area contributed by atoms with Crippen LogP contribution in [0.1, 0.15) is 31.5 Å². The maximum absolute atomic E-state index is 11.8. The van der Waals surface area contributed by atoms with Gasteiger partial charge in [-0.15, -0.1) is 0 Å². The van der Waals surface area contributed by atoms with E-state index in [9.17, 15) is 14.4 Å². The summed E-state index contributed by atoms with van der Waals surface area (Å²) in [5.41, 5.74) is 3.21. The van der Waals surface area contributed by atoms with Crippen molar-refractivity contribution in [3.05, 3.63) is 56.4 Å². The van der Waals surface area contributed by atoms with E-state index in [2.05, 4.69) is 44.5 Å². The fourth-order valence-corrected chi connectivity index (χ4v) is 2.37. The molecule has 0 unspecified atom stereocenters. The molecule has 2 rings (SSSR count). The summed E-state index contributed by atoms with van der Waals surface area (Å²) in [6, 6.07) is 7.86. The molecule has 26 heavy (non-hydrogen) atoms. The molecule has 0 aliphatic heterocycles. The number of rotatable bonds is 8. The molecule has 1 amide bonds. The second kappa shape index (κ2) is 9.30. The minimum Gasteiger partial charge on any atom is -0.372 e. The SMILES string of the molecule is CCN(CC)c1ccc(/C=N\NC(=O)CCc2n[nH]c(=O)[nH]c2=O)cc1. The van der Waals surface area contributed by atoms with Gasteiger partial charge in [0, 0.05) is 31.6 Å². The number of hydrazone groups is 1. The number of aromatic amines is 2. The van der Waals surface area contributed by atoms with E-state index in [1.165, 1.54) is 0 Å². The molecule has 1 aromatic heterocycles. The Bertz CT molecular complexity index is 865. The van der Waals surface area contributed by atoms with E-state index in [0.717, 1.165) is 24.3 Å². The highest BCUT2D eigenvalue weighted by molar-refractivity contribution is 5.82. The minimum absolute atomic E-state index is 0.0281. The van der Waals surface area contributed by atoms with E-state index in [4.69, 9.17) is 0 Å². The molecular formula is C17H22N6O3. The molecule has 0 aliphatic carbocycles. The summed E-state index contributed by atoms with van der Waals surface area (Å²) in [5, 5.41) is 9.64. The van der Waals surface area contributed by atoms with E-state index >= 15 is 0 Å². The van der Waals surface area contributed by atoms with Crippen LogP contribution in [0.4, 0.5) is 5.69 Å². The fourth-order valence-electron chi connectivity index (χ4n) is 2.37. The number of hydrogen-bond acceptors (Lipinski definition) is 6. The number of benzene rings is 1. The third-order valence-corrected chi connectivity index (χ3v) is 3.79. The summed E-state index contributed by atoms with van der Waals surface area (Å²) in [4.78, 5) is 38.4. The van der Waals surface area contributed by atoms with Crippen molar-refractivity contribution in [2.75, 3.05) is 18.0 Å². The van der Waals surface area contributed by atoms with E-state index in [1.807, 2.05) is 24.3 Å². The van der Waals surface area contributed by atoms with Gasteiger partial charge in [-0.05, 0) is 31.5 Å². The van der Waals surface area contributed by atoms with Crippen molar-refractivity contribution in [1.29, 1.82) is 0 Å². The Kier molecular flexibility index (Phi) is 6.84. The van der Waals surface area contributed by atoms with Gasteiger partial charge in [0.05, 0.1) is 6.21 Å². The van der Waals surface area contributed by atoms with Crippen molar-refractivity contribution in [2.45, 2.75) is 26.7 Å². The van der Waals surface area contributed by atoms with Crippen molar-refractivity contribution in [2.24, 2.45) is 5.10 Å². The molecule has 0 aliphatic rings. The zero-order chi connectivity index (χ0) is 18.9. The van der Waals surface area contributed by atoms with Crippen LogP contribution in [0.25, 0.3) is 0 Å². The van der Waals surface area contributed by atoms with Crippen molar-refractivity contribution in [1.82, 2.24) is 20.6 Å². The van der Waals surface area contributed by atoms with Gasteiger partial charge >= 0.3 is 5.69 Å². The summed E-state index contributed by atoms with van der Waals surface area (Å²) in [6.07, 6.45) is 1.68. The molecule has 0 saturated carbocycles. The lowest BCUT2D eigenvalue weighted by molar-refractivity contribution is -0.121. The van der Waals surface area contributed by atoms with Gasteiger partial charge in [-0.2, -0.15) is 10.2 Å². The Hall–Kier alpha value is -3.23. The zero-order valence-electron chi connectivity index (χ0n) is 14.8. The highest BCUT2D eigenvalue weighted by Crippen LogP contribution is 2.13. The number of aromatic nitrogens is 3. The summed E-state index contributed by atoms with van der Waals surface area (Å²) < 4.78 is 0. The van der Waals surface area contributed by atoms with E-state index < -0.39 is 11.2 Å². The first-order valence-corrected chi connectivity index (χ1v) is 8.38. The van der Waals surface area contributed by atoms with Crippen molar-refractivity contribution in [3.8, 4) is 0 Å². The normalized spacial score (nSPS) is 10.8. The van der Waals surface area contributed by atoms with E-state index in [1.54, 1.807) is 6.21 Å². The molecule has 9 heteroatoms. The van der Waals surface area contributed by atoms with Crippen LogP contribution in [-0.4, -0.2) is 40.4 Å². The summed E-state index contributed by atoms with van der Waals surface area (Å²) >= 11 is 0. The van der Waals surface area contributed by atoms with Crippen LogP contribution in [0.3, 0.4) is 0 Å². The van der Waals surface area contributed by atoms with Gasteiger partial charge in [-0.3, -0.25) is 14.6 Å². The van der Waals surface area contributed by atoms with Gasteiger partial charge in [0.15, 0.2) is 0 Å². The Morgan fingerprint density at radius 2 is 1.92 bits per heavy atom. The second-order valence-corrected chi connectivity index (χ2v) is 5.51. The maximum atomic E-state index is 11.8. The lowest BCUT2D eigenvalue weighted by Gasteiger charge is -2.20. The van der Waals surface area contributed by atoms with E-state index in [-0.39, 0.29) is 24.4 Å². The predicted octanol–water partition coefficient (Wildman–Crippen LogP) is 0.387. The van der Waals surface area contributed by atoms with Crippen LogP contribution < -0.4 is 21.6 Å². The first kappa shape index (κ1) is 19.1. The van der Waals surface area contributed by atoms with Crippen LogP contribution in [0, 0.1) is 0 Å². The molecule has 2 aromatic rings. The molecule has 0 spiro atoms. The molecule has 0 fully saturated rings. The predicted molar refractivity (Wildman–Crippen MR) is 99.5 cm³/mol. The number of H-pyrrole nitrogens is 2. The second-order valence-electron chi connectivity index (χ2n) is 5.51. The van der Waals surface area contributed by atoms with Gasteiger partial charge in [0.2, 0.25) is 5.91 Å². The van der Waals surface area contributed by atoms with Crippen LogP contribution in [0.2, 0.25) is 0 Å². The van der Waals surface area contributed by atoms with Crippen LogP contribution in [0.15, 0.2) is 39.0 Å². The molecule has 0 radical (unpaired) electrons. The Balaban J connectivity index is 1.84. The van der Waals surface area contributed by atoms with Crippen molar-refractivity contribution >= 4 is 17.8 Å². The number of aryl methyl sites for hydroxylation is 1. The highest BCUT2D eigenvalue weighted by atomic mass is 16.2. The number of anilines is 1. The van der Waals surface area contributed by atoms with Crippen LogP contribution >= 0.6 is 0 Å². The number of nitrogens with one attached hydrogen (secondary N) is 3. The Morgan fingerprint density at radius 1 is 1.23 bits per heavy atom. The zero-order valence-corrected chi connectivity index (χ0v) is 14.8. The van der Waals surface area contributed by atoms with Gasteiger partial charge in [0.25, 0.3) is 5.56 Å². The summed E-state index contributed by atoms with van der Waals surface area (Å²) in [5.74, 6) is -0.353. The molecule has 1 aromatic carbocycles. The van der Waals surface area contributed by atoms with E-state index in [0.29, 0.717) is 0 Å². The Morgan fingerprint density at radius 3 is 2.54 bits per heavy atom. The van der Waals surface area contributed by atoms with Gasteiger partial charge in [-0.1, -0.05) is 12.1 Å². The molecule has 0 bridgehead atoms. The molecular weight excluding hydrogens is 336 g/mol. The summed E-state index contributed by atoms with van der Waals surface area (Å²) in [6.45, 7) is 6.08. The lowest BCUT2D eigenvalue weighted by Crippen LogP contribution is -2.28. The molecule has 9 nitrogen and oxygen atoms in total. The summed E-state index contributed by atoms with van der Waals surface area (Å²) in [7, 11) is 0. The van der Waals surface area contributed by atoms with Gasteiger partial charge in [-0.25, -0.2) is 15.3 Å². The standard InChI is InChI=1S/C17H22N6O3/c1-3-23(4-2)13-7-5-12(6-8-13)11-18-21-15(24)10-9-14-16(25)19-17(26)22-20-14/h5-8,11H,3-4,9-10H2,1-2H3,(H,21,24)(H2,19,22,25,26)/b18-11-. The first-order valence-electron chi connectivity index (χ1n) is 8.38. The first-order chi connectivity index (χ1) is 12.5. The number of nitrogens with zero attached hydrogens (tertiary/aromatic N) is 3. The molecule has 1 heterocycles. The largest absolute Gasteiger partial charge is 0.372 e. The number of amides is 1. The highest BCUT2D eigenvalue weighted by Gasteiger charge is 2.06. The molecule has 3 N–H and O–H groups in total. The van der Waals surface area contributed by atoms with Crippen LogP contribution in [0.5, 0.6) is 0 Å².